The van der Waals surface area contributed by atoms with Gasteiger partial charge in [-0.3, -0.25) is 0 Å². The zero-order valence-electron chi connectivity index (χ0n) is 15.6. The lowest BCUT2D eigenvalue weighted by Gasteiger charge is -2.44. The minimum atomic E-state index is -0.823. The van der Waals surface area contributed by atoms with Crippen molar-refractivity contribution in [3.8, 4) is 0 Å². The van der Waals surface area contributed by atoms with Crippen LogP contribution in [0, 0.1) is 5.92 Å². The van der Waals surface area contributed by atoms with Crippen molar-refractivity contribution < 1.29 is 0 Å². The Morgan fingerprint density at radius 1 is 1.05 bits per heavy atom. The topological polar surface area (TPSA) is 3.24 Å². The van der Waals surface area contributed by atoms with Crippen molar-refractivity contribution in [3.63, 3.8) is 0 Å². The first-order chi connectivity index (χ1) is 10.2. The van der Waals surface area contributed by atoms with E-state index in [2.05, 4.69) is 70.0 Å². The van der Waals surface area contributed by atoms with Gasteiger partial charge in [0.15, 0.2) is 0 Å². The molecule has 22 heavy (non-hydrogen) atoms. The summed E-state index contributed by atoms with van der Waals surface area (Å²) in [5.74, 6) is 0.753. The third kappa shape index (κ3) is 5.24. The number of hydrogen-bond donors (Lipinski definition) is 0. The number of benzene rings is 1. The summed E-state index contributed by atoms with van der Waals surface area (Å²) in [6.45, 7) is 18.3. The Kier molecular flexibility index (Phi) is 5.55. The van der Waals surface area contributed by atoms with Gasteiger partial charge in [0.05, 0.1) is 0 Å². The predicted molar refractivity (Wildman–Crippen MR) is 102 cm³/mol. The van der Waals surface area contributed by atoms with Crippen LogP contribution in [0.25, 0.3) is 0 Å². The molecular formula is C20H35NSi-. The Morgan fingerprint density at radius 2 is 1.59 bits per heavy atom. The van der Waals surface area contributed by atoms with E-state index in [4.69, 9.17) is 0 Å². The molecule has 1 saturated heterocycles. The molecule has 125 valence electrons. The average molecular weight is 318 g/mol. The second-order valence-corrected chi connectivity index (χ2v) is 14.5. The van der Waals surface area contributed by atoms with Crippen molar-refractivity contribution in [2.24, 2.45) is 5.92 Å². The van der Waals surface area contributed by atoms with Crippen LogP contribution in [0.4, 0.5) is 0 Å². The van der Waals surface area contributed by atoms with E-state index in [9.17, 15) is 0 Å². The van der Waals surface area contributed by atoms with Gasteiger partial charge in [-0.05, 0) is 42.0 Å². The summed E-state index contributed by atoms with van der Waals surface area (Å²) in [5, 5.41) is 0. The Morgan fingerprint density at radius 3 is 2.09 bits per heavy atom. The van der Waals surface area contributed by atoms with E-state index in [1.54, 1.807) is 0 Å². The third-order valence-corrected chi connectivity index (χ3v) is 8.34. The zero-order valence-corrected chi connectivity index (χ0v) is 16.6. The van der Waals surface area contributed by atoms with Crippen LogP contribution in [-0.4, -0.2) is 32.6 Å². The summed E-state index contributed by atoms with van der Waals surface area (Å²) in [6.07, 6.45) is 1.21. The summed E-state index contributed by atoms with van der Waals surface area (Å²) in [6, 6.07) is 12.3. The minimum absolute atomic E-state index is 0.259. The van der Waals surface area contributed by atoms with Crippen LogP contribution in [0.2, 0.25) is 25.2 Å². The molecule has 0 amide bonds. The predicted octanol–water partition coefficient (Wildman–Crippen LogP) is 5.19. The molecule has 1 heterocycles. The largest absolute Gasteiger partial charge is 0.309 e. The van der Waals surface area contributed by atoms with Crippen molar-refractivity contribution in [3.05, 3.63) is 35.4 Å². The smallest absolute Gasteiger partial charge is 0.000777 e. The van der Waals surface area contributed by atoms with Gasteiger partial charge >= 0.3 is 0 Å². The summed E-state index contributed by atoms with van der Waals surface area (Å²) in [4.78, 5) is 2.70. The molecule has 0 aromatic heterocycles. The Balaban J connectivity index is 1.83. The summed E-state index contributed by atoms with van der Waals surface area (Å²) >= 11 is 0. The fourth-order valence-corrected chi connectivity index (χ4v) is 5.48. The molecule has 0 saturated carbocycles. The molecule has 1 aliphatic rings. The lowest BCUT2D eigenvalue weighted by Crippen LogP contribution is -2.44. The van der Waals surface area contributed by atoms with Crippen LogP contribution in [0.1, 0.15) is 38.8 Å². The van der Waals surface area contributed by atoms with E-state index >= 15 is 0 Å². The molecule has 1 nitrogen and oxygen atoms in total. The standard InChI is InChI=1S/C20H35NSi/c1-17(16-21-11-13-22(5,6)14-12-21)15-18-7-9-19(10-8-18)20(2,3)4/h7-10,17H,11-16H2,1-6H3/q-1. The maximum atomic E-state index is 2.70. The highest BCUT2D eigenvalue weighted by Gasteiger charge is 2.19. The van der Waals surface area contributed by atoms with E-state index in [0.29, 0.717) is 0 Å². The van der Waals surface area contributed by atoms with Gasteiger partial charge in [-0.25, -0.2) is 0 Å². The van der Waals surface area contributed by atoms with E-state index in [1.807, 2.05) is 0 Å². The lowest BCUT2D eigenvalue weighted by molar-refractivity contribution is 0.249. The van der Waals surface area contributed by atoms with Gasteiger partial charge in [0.1, 0.15) is 0 Å². The first-order valence-electron chi connectivity index (χ1n) is 8.97. The van der Waals surface area contributed by atoms with Gasteiger partial charge < -0.3 is 4.90 Å². The summed E-state index contributed by atoms with van der Waals surface area (Å²) < 4.78 is 0. The van der Waals surface area contributed by atoms with Crippen molar-refractivity contribution in [1.29, 1.82) is 0 Å². The van der Waals surface area contributed by atoms with Crippen molar-refractivity contribution in [1.82, 2.24) is 4.90 Å². The second kappa shape index (κ2) is 6.88. The van der Waals surface area contributed by atoms with Crippen LogP contribution in [0.15, 0.2) is 24.3 Å². The van der Waals surface area contributed by atoms with E-state index in [-0.39, 0.29) is 5.41 Å². The van der Waals surface area contributed by atoms with Gasteiger partial charge in [-0.1, -0.05) is 52.0 Å². The summed E-state index contributed by atoms with van der Waals surface area (Å²) in [5.41, 5.74) is 3.19. The maximum absolute atomic E-state index is 2.70. The average Bonchev–Trinajstić information content (AvgIpc) is 2.41. The first kappa shape index (κ1) is 17.7. The number of hydrogen-bond acceptors (Lipinski definition) is 1. The molecular weight excluding hydrogens is 282 g/mol. The van der Waals surface area contributed by atoms with Crippen LogP contribution >= 0.6 is 0 Å². The van der Waals surface area contributed by atoms with Crippen molar-refractivity contribution in [2.45, 2.75) is 64.7 Å². The van der Waals surface area contributed by atoms with Crippen molar-refractivity contribution >= 4 is 8.07 Å². The molecule has 1 unspecified atom stereocenters. The van der Waals surface area contributed by atoms with Gasteiger partial charge in [-0.15, -0.1) is 20.2 Å². The molecule has 1 fully saturated rings. The van der Waals surface area contributed by atoms with Gasteiger partial charge in [0.25, 0.3) is 0 Å². The van der Waals surface area contributed by atoms with Crippen LogP contribution in [-0.2, 0) is 11.8 Å². The molecule has 0 N–H and O–H groups in total. The lowest BCUT2D eigenvalue weighted by atomic mass is 9.86. The molecule has 1 aromatic rings. The van der Waals surface area contributed by atoms with E-state index < -0.39 is 8.07 Å². The fourth-order valence-electron chi connectivity index (χ4n) is 3.39. The minimum Gasteiger partial charge on any atom is -0.309 e. The Labute approximate surface area is 139 Å². The molecule has 2 rings (SSSR count). The second-order valence-electron chi connectivity index (χ2n) is 9.22. The molecule has 1 aromatic carbocycles. The normalized spacial score (nSPS) is 20.8. The molecule has 1 aliphatic heterocycles. The van der Waals surface area contributed by atoms with Gasteiger partial charge in [-0.2, -0.15) is 13.1 Å². The highest BCUT2D eigenvalue weighted by molar-refractivity contribution is 6.77. The molecule has 2 heteroatoms. The Bertz CT molecular complexity index is 459. The number of rotatable bonds is 4. The molecule has 0 aliphatic carbocycles. The van der Waals surface area contributed by atoms with Crippen LogP contribution < -0.4 is 0 Å². The fraction of sp³-hybridized carbons (Fsp3) is 0.700. The molecule has 0 bridgehead atoms. The highest BCUT2D eigenvalue weighted by atomic mass is 28.3. The van der Waals surface area contributed by atoms with Crippen LogP contribution in [0.3, 0.4) is 0 Å². The SMILES string of the molecule is CC(Cc1ccc(C(C)(C)C)cc1)CN1CC[Si-](C)(C)CC1. The maximum Gasteiger partial charge on any atom is 0.000777 e. The Hall–Kier alpha value is -0.603. The number of nitrogens with zero attached hydrogens (tertiary/aromatic N) is 1. The van der Waals surface area contributed by atoms with E-state index in [0.717, 1.165) is 5.92 Å². The van der Waals surface area contributed by atoms with Crippen LogP contribution in [0.5, 0.6) is 0 Å². The monoisotopic (exact) mass is 317 g/mol. The van der Waals surface area contributed by atoms with Gasteiger partial charge in [0, 0.05) is 6.54 Å². The first-order valence-corrected chi connectivity index (χ1v) is 12.4. The quantitative estimate of drug-likeness (QED) is 0.691. The van der Waals surface area contributed by atoms with E-state index in [1.165, 1.54) is 49.3 Å². The molecule has 0 spiro atoms. The van der Waals surface area contributed by atoms with Gasteiger partial charge in [0.2, 0.25) is 0 Å². The zero-order chi connectivity index (χ0) is 16.4. The molecule has 1 atom stereocenters. The highest BCUT2D eigenvalue weighted by Crippen LogP contribution is 2.24. The van der Waals surface area contributed by atoms with Crippen molar-refractivity contribution in [2.75, 3.05) is 19.6 Å². The third-order valence-electron chi connectivity index (χ3n) is 5.18. The molecule has 0 radical (unpaired) electrons. The summed E-state index contributed by atoms with van der Waals surface area (Å²) in [7, 11) is -0.823.